The normalized spacial score (nSPS) is 15.5. The number of hydrogen-bond acceptors (Lipinski definition) is 6. The van der Waals surface area contributed by atoms with Crippen molar-refractivity contribution in [2.75, 3.05) is 19.5 Å². The topological polar surface area (TPSA) is 80.6 Å². The standard InChI is InChI=1S/C19H30N2O4Si/c1-19(2,3)26(6,7)25-16(12-20)18(17(13-22)24-5)21-14-8-10-15(23-4)11-9-14/h8-11,13,16-18,21H,1-7H3/t16-,17+,18+/m1/s1. The number of rotatable bonds is 9. The Bertz CT molecular complexity index is 620. The highest BCUT2D eigenvalue weighted by Crippen LogP contribution is 2.38. The van der Waals surface area contributed by atoms with Crippen LogP contribution in [0.1, 0.15) is 20.8 Å². The van der Waals surface area contributed by atoms with Crippen molar-refractivity contribution in [1.82, 2.24) is 0 Å². The van der Waals surface area contributed by atoms with Crippen molar-refractivity contribution in [1.29, 1.82) is 5.26 Å². The SMILES string of the molecule is COc1ccc(N[C@H]([C@H](C=O)OC)[C@@H](C#N)O[Si](C)(C)C(C)(C)C)cc1. The third-order valence-corrected chi connectivity index (χ3v) is 9.32. The van der Waals surface area contributed by atoms with Crippen molar-refractivity contribution in [3.63, 3.8) is 0 Å². The van der Waals surface area contributed by atoms with Crippen LogP contribution in [0.4, 0.5) is 5.69 Å². The Hall–Kier alpha value is -1.88. The van der Waals surface area contributed by atoms with Crippen LogP contribution in [0.3, 0.4) is 0 Å². The predicted octanol–water partition coefficient (Wildman–Crippen LogP) is 3.60. The highest BCUT2D eigenvalue weighted by atomic mass is 28.4. The molecule has 0 radical (unpaired) electrons. The van der Waals surface area contributed by atoms with E-state index in [4.69, 9.17) is 13.9 Å². The summed E-state index contributed by atoms with van der Waals surface area (Å²) in [6, 6.07) is 8.83. The molecule has 0 saturated heterocycles. The first-order valence-corrected chi connectivity index (χ1v) is 11.5. The summed E-state index contributed by atoms with van der Waals surface area (Å²) < 4.78 is 16.7. The molecule has 0 heterocycles. The number of hydrogen-bond donors (Lipinski definition) is 1. The van der Waals surface area contributed by atoms with Crippen molar-refractivity contribution >= 4 is 20.3 Å². The highest BCUT2D eigenvalue weighted by molar-refractivity contribution is 6.74. The van der Waals surface area contributed by atoms with Gasteiger partial charge in [-0.1, -0.05) is 20.8 Å². The number of nitrogens with zero attached hydrogens (tertiary/aromatic N) is 1. The fourth-order valence-corrected chi connectivity index (χ4v) is 3.36. The zero-order valence-electron chi connectivity index (χ0n) is 16.7. The van der Waals surface area contributed by atoms with E-state index in [1.54, 1.807) is 19.2 Å². The van der Waals surface area contributed by atoms with E-state index in [0.29, 0.717) is 6.29 Å². The molecule has 1 N–H and O–H groups in total. The number of nitriles is 1. The van der Waals surface area contributed by atoms with E-state index >= 15 is 0 Å². The maximum absolute atomic E-state index is 11.5. The molecule has 3 atom stereocenters. The Morgan fingerprint density at radius 3 is 2.15 bits per heavy atom. The molecule has 0 amide bonds. The van der Waals surface area contributed by atoms with E-state index < -0.39 is 26.6 Å². The van der Waals surface area contributed by atoms with Gasteiger partial charge in [-0.2, -0.15) is 5.26 Å². The first-order chi connectivity index (χ1) is 12.1. The van der Waals surface area contributed by atoms with Crippen LogP contribution in [0.25, 0.3) is 0 Å². The number of aldehydes is 1. The van der Waals surface area contributed by atoms with Crippen molar-refractivity contribution < 1.29 is 18.7 Å². The second-order valence-corrected chi connectivity index (χ2v) is 12.4. The van der Waals surface area contributed by atoms with Crippen molar-refractivity contribution in [2.24, 2.45) is 0 Å². The monoisotopic (exact) mass is 378 g/mol. The molecule has 1 rings (SSSR count). The molecule has 0 fully saturated rings. The van der Waals surface area contributed by atoms with E-state index in [1.165, 1.54) is 7.11 Å². The number of anilines is 1. The summed E-state index contributed by atoms with van der Waals surface area (Å²) in [7, 11) is 0.833. The van der Waals surface area contributed by atoms with E-state index in [9.17, 15) is 10.1 Å². The molecule has 0 aromatic heterocycles. The van der Waals surface area contributed by atoms with Crippen LogP contribution in [0.15, 0.2) is 24.3 Å². The maximum atomic E-state index is 11.5. The molecule has 0 unspecified atom stereocenters. The number of ether oxygens (including phenoxy) is 2. The van der Waals surface area contributed by atoms with Crippen LogP contribution in [0.2, 0.25) is 18.1 Å². The molecule has 144 valence electrons. The fourth-order valence-electron chi connectivity index (χ4n) is 2.17. The van der Waals surface area contributed by atoms with Gasteiger partial charge in [-0.25, -0.2) is 0 Å². The average Bonchev–Trinajstić information content (AvgIpc) is 2.59. The van der Waals surface area contributed by atoms with Gasteiger partial charge < -0.3 is 24.0 Å². The molecule has 0 bridgehead atoms. The second kappa shape index (κ2) is 9.17. The quantitative estimate of drug-likeness (QED) is 0.522. The van der Waals surface area contributed by atoms with Crippen molar-refractivity contribution in [3.05, 3.63) is 24.3 Å². The molecule has 6 nitrogen and oxygen atoms in total. The Kier molecular flexibility index (Phi) is 7.81. The highest BCUT2D eigenvalue weighted by Gasteiger charge is 2.42. The molecule has 0 spiro atoms. The molecule has 0 aliphatic heterocycles. The minimum atomic E-state index is -2.21. The lowest BCUT2D eigenvalue weighted by molar-refractivity contribution is -0.118. The molecule has 0 saturated carbocycles. The van der Waals surface area contributed by atoms with Gasteiger partial charge in [0.05, 0.1) is 19.2 Å². The minimum Gasteiger partial charge on any atom is -0.497 e. The third-order valence-electron chi connectivity index (χ3n) is 4.86. The summed E-state index contributed by atoms with van der Waals surface area (Å²) in [5.74, 6) is 0.722. The first kappa shape index (κ1) is 22.2. The van der Waals surface area contributed by atoms with Crippen LogP contribution in [-0.4, -0.2) is 47.1 Å². The first-order valence-electron chi connectivity index (χ1n) is 8.55. The van der Waals surface area contributed by atoms with Gasteiger partial charge in [-0.15, -0.1) is 0 Å². The molecule has 0 aliphatic rings. The number of carbonyl (C=O) groups is 1. The molecule has 26 heavy (non-hydrogen) atoms. The van der Waals surface area contributed by atoms with Gasteiger partial charge in [0.25, 0.3) is 0 Å². The summed E-state index contributed by atoms with van der Waals surface area (Å²) in [6.45, 7) is 10.5. The molecule has 1 aromatic carbocycles. The number of nitrogens with one attached hydrogen (secondary N) is 1. The molecule has 1 aromatic rings. The van der Waals surface area contributed by atoms with Gasteiger partial charge >= 0.3 is 0 Å². The van der Waals surface area contributed by atoms with E-state index in [2.05, 4.69) is 45.3 Å². The van der Waals surface area contributed by atoms with E-state index in [0.717, 1.165) is 11.4 Å². The summed E-state index contributed by atoms with van der Waals surface area (Å²) in [6.07, 6.45) is -0.944. The van der Waals surface area contributed by atoms with Gasteiger partial charge in [0, 0.05) is 12.8 Å². The average molecular weight is 379 g/mol. The largest absolute Gasteiger partial charge is 0.497 e. The number of benzene rings is 1. The van der Waals surface area contributed by atoms with Crippen LogP contribution in [0.5, 0.6) is 5.75 Å². The number of methoxy groups -OCH3 is 2. The van der Waals surface area contributed by atoms with Crippen molar-refractivity contribution in [2.45, 2.75) is 57.2 Å². The summed E-state index contributed by atoms with van der Waals surface area (Å²) in [4.78, 5) is 11.5. The zero-order valence-corrected chi connectivity index (χ0v) is 17.7. The Labute approximate surface area is 157 Å². The lowest BCUT2D eigenvalue weighted by Gasteiger charge is -2.40. The summed E-state index contributed by atoms with van der Waals surface area (Å²) >= 11 is 0. The molecule has 0 aliphatic carbocycles. The smallest absolute Gasteiger partial charge is 0.193 e. The maximum Gasteiger partial charge on any atom is 0.193 e. The van der Waals surface area contributed by atoms with Crippen LogP contribution in [-0.2, 0) is 14.0 Å². The van der Waals surface area contributed by atoms with Gasteiger partial charge in [0.2, 0.25) is 0 Å². The lowest BCUT2D eigenvalue weighted by Crippen LogP contribution is -2.52. The number of carbonyl (C=O) groups excluding carboxylic acids is 1. The summed E-state index contributed by atoms with van der Waals surface area (Å²) in [5, 5.41) is 12.9. The lowest BCUT2D eigenvalue weighted by atomic mass is 10.1. The Morgan fingerprint density at radius 1 is 1.19 bits per heavy atom. The Balaban J connectivity index is 3.13. The van der Waals surface area contributed by atoms with Gasteiger partial charge in [-0.3, -0.25) is 0 Å². The fraction of sp³-hybridized carbons (Fsp3) is 0.579. The van der Waals surface area contributed by atoms with E-state index in [-0.39, 0.29) is 5.04 Å². The zero-order chi connectivity index (χ0) is 20.0. The van der Waals surface area contributed by atoms with Gasteiger partial charge in [0.15, 0.2) is 20.7 Å². The van der Waals surface area contributed by atoms with Crippen molar-refractivity contribution in [3.8, 4) is 11.8 Å². The van der Waals surface area contributed by atoms with Crippen LogP contribution < -0.4 is 10.1 Å². The van der Waals surface area contributed by atoms with E-state index in [1.807, 2.05) is 12.1 Å². The third kappa shape index (κ3) is 5.56. The molecular formula is C19H30N2O4Si. The minimum absolute atomic E-state index is 0.0590. The Morgan fingerprint density at radius 2 is 1.77 bits per heavy atom. The van der Waals surface area contributed by atoms with Gasteiger partial charge in [-0.05, 0) is 42.4 Å². The van der Waals surface area contributed by atoms with Gasteiger partial charge in [0.1, 0.15) is 11.9 Å². The molecule has 7 heteroatoms. The predicted molar refractivity (Wildman–Crippen MR) is 105 cm³/mol. The second-order valence-electron chi connectivity index (χ2n) is 7.66. The summed E-state index contributed by atoms with van der Waals surface area (Å²) in [5.41, 5.74) is 0.749. The van der Waals surface area contributed by atoms with Crippen LogP contribution in [0, 0.1) is 11.3 Å². The van der Waals surface area contributed by atoms with Crippen LogP contribution >= 0.6 is 0 Å². The molecular weight excluding hydrogens is 348 g/mol.